The lowest BCUT2D eigenvalue weighted by Gasteiger charge is -2.17. The van der Waals surface area contributed by atoms with Crippen molar-refractivity contribution in [3.05, 3.63) is 48.4 Å². The van der Waals surface area contributed by atoms with Crippen molar-refractivity contribution in [3.63, 3.8) is 0 Å². The number of rotatable bonds is 6. The second-order valence-electron chi connectivity index (χ2n) is 4.38. The van der Waals surface area contributed by atoms with Gasteiger partial charge in [-0.25, -0.2) is 0 Å². The second kappa shape index (κ2) is 7.05. The Morgan fingerprint density at radius 2 is 2.10 bits per heavy atom. The van der Waals surface area contributed by atoms with Crippen LogP contribution in [0.1, 0.15) is 5.76 Å². The lowest BCUT2D eigenvalue weighted by atomic mass is 10.3. The van der Waals surface area contributed by atoms with Crippen molar-refractivity contribution in [1.29, 1.82) is 0 Å². The molecule has 0 saturated heterocycles. The highest BCUT2D eigenvalue weighted by Crippen LogP contribution is 2.24. The van der Waals surface area contributed by atoms with Gasteiger partial charge >= 0.3 is 0 Å². The minimum atomic E-state index is 0.0253. The van der Waals surface area contributed by atoms with Crippen molar-refractivity contribution in [3.8, 4) is 0 Å². The van der Waals surface area contributed by atoms with Crippen molar-refractivity contribution in [1.82, 2.24) is 4.90 Å². The van der Waals surface area contributed by atoms with E-state index in [9.17, 15) is 4.79 Å². The van der Waals surface area contributed by atoms with Crippen LogP contribution >= 0.6 is 11.8 Å². The number of hydrogen-bond acceptors (Lipinski definition) is 4. The average molecular weight is 290 g/mol. The van der Waals surface area contributed by atoms with Gasteiger partial charge in [0.05, 0.1) is 19.4 Å². The highest BCUT2D eigenvalue weighted by molar-refractivity contribution is 7.98. The van der Waals surface area contributed by atoms with Crippen LogP contribution in [-0.4, -0.2) is 30.7 Å². The highest BCUT2D eigenvalue weighted by Gasteiger charge is 2.11. The van der Waals surface area contributed by atoms with Crippen molar-refractivity contribution in [2.75, 3.05) is 25.2 Å². The van der Waals surface area contributed by atoms with Crippen molar-refractivity contribution in [2.24, 2.45) is 0 Å². The van der Waals surface area contributed by atoms with Crippen LogP contribution in [0.15, 0.2) is 52.0 Å². The molecular weight excluding hydrogens is 272 g/mol. The maximum Gasteiger partial charge on any atom is 0.242 e. The number of likely N-dealkylation sites (N-methyl/N-ethyl adjacent to an activating group) is 1. The topological polar surface area (TPSA) is 45.5 Å². The molecule has 1 aromatic heterocycles. The molecule has 2 rings (SSSR count). The van der Waals surface area contributed by atoms with Gasteiger partial charge in [0.1, 0.15) is 5.76 Å². The standard InChI is InChI=1S/C15H18N2O2S/c1-17(11-12-6-5-9-19-12)15(18)10-16-13-7-3-4-8-14(13)20-2/h3-9,16H,10-11H2,1-2H3. The number of para-hydroxylation sites is 1. The van der Waals surface area contributed by atoms with E-state index < -0.39 is 0 Å². The van der Waals surface area contributed by atoms with E-state index in [1.807, 2.05) is 42.7 Å². The molecule has 0 saturated carbocycles. The first-order chi connectivity index (χ1) is 9.70. The average Bonchev–Trinajstić information content (AvgIpc) is 2.97. The SMILES string of the molecule is CSc1ccccc1NCC(=O)N(C)Cc1ccco1. The number of benzene rings is 1. The Balaban J connectivity index is 1.88. The molecule has 0 aliphatic heterocycles. The Morgan fingerprint density at radius 3 is 2.80 bits per heavy atom. The first-order valence-corrected chi connectivity index (χ1v) is 7.56. The van der Waals surface area contributed by atoms with Gasteiger partial charge in [-0.15, -0.1) is 11.8 Å². The number of hydrogen-bond donors (Lipinski definition) is 1. The third kappa shape index (κ3) is 3.81. The molecule has 0 aliphatic carbocycles. The maximum absolute atomic E-state index is 12.1. The lowest BCUT2D eigenvalue weighted by Crippen LogP contribution is -2.31. The highest BCUT2D eigenvalue weighted by atomic mass is 32.2. The number of anilines is 1. The Labute approximate surface area is 123 Å². The zero-order valence-electron chi connectivity index (χ0n) is 11.6. The number of carbonyl (C=O) groups is 1. The van der Waals surface area contributed by atoms with E-state index in [4.69, 9.17) is 4.42 Å². The van der Waals surface area contributed by atoms with Crippen molar-refractivity contribution < 1.29 is 9.21 Å². The summed E-state index contributed by atoms with van der Waals surface area (Å²) in [4.78, 5) is 14.8. The van der Waals surface area contributed by atoms with Crippen LogP contribution in [-0.2, 0) is 11.3 Å². The molecule has 1 amide bonds. The van der Waals surface area contributed by atoms with Gasteiger partial charge in [-0.05, 0) is 30.5 Å². The number of thioether (sulfide) groups is 1. The molecule has 0 radical (unpaired) electrons. The first kappa shape index (κ1) is 14.5. The molecule has 5 heteroatoms. The largest absolute Gasteiger partial charge is 0.467 e. The van der Waals surface area contributed by atoms with Gasteiger partial charge in [-0.3, -0.25) is 4.79 Å². The molecule has 106 valence electrons. The normalized spacial score (nSPS) is 10.3. The fraction of sp³-hybridized carbons (Fsp3) is 0.267. The quantitative estimate of drug-likeness (QED) is 0.831. The summed E-state index contributed by atoms with van der Waals surface area (Å²) in [5.41, 5.74) is 0.986. The predicted octanol–water partition coefficient (Wildman–Crippen LogP) is 3.07. The summed E-state index contributed by atoms with van der Waals surface area (Å²) in [5.74, 6) is 0.808. The van der Waals surface area contributed by atoms with Crippen LogP contribution in [0.3, 0.4) is 0 Å². The molecule has 4 nitrogen and oxygen atoms in total. The van der Waals surface area contributed by atoms with Gasteiger partial charge < -0.3 is 14.6 Å². The third-order valence-electron chi connectivity index (χ3n) is 2.94. The number of nitrogens with one attached hydrogen (secondary N) is 1. The van der Waals surface area contributed by atoms with E-state index in [0.717, 1.165) is 16.3 Å². The fourth-order valence-corrected chi connectivity index (χ4v) is 2.40. The summed E-state index contributed by atoms with van der Waals surface area (Å²) in [6, 6.07) is 11.6. The molecule has 2 aromatic rings. The van der Waals surface area contributed by atoms with Crippen molar-refractivity contribution >= 4 is 23.4 Å². The van der Waals surface area contributed by atoms with E-state index in [0.29, 0.717) is 6.54 Å². The Bertz CT molecular complexity index is 555. The molecule has 0 aliphatic rings. The van der Waals surface area contributed by atoms with Crippen LogP contribution < -0.4 is 5.32 Å². The molecule has 0 atom stereocenters. The van der Waals surface area contributed by atoms with Crippen LogP contribution in [0.5, 0.6) is 0 Å². The lowest BCUT2D eigenvalue weighted by molar-refractivity contribution is -0.128. The molecule has 1 heterocycles. The number of nitrogens with zero attached hydrogens (tertiary/aromatic N) is 1. The molecule has 20 heavy (non-hydrogen) atoms. The third-order valence-corrected chi connectivity index (χ3v) is 3.73. The summed E-state index contributed by atoms with van der Waals surface area (Å²) in [6.07, 6.45) is 3.63. The summed E-state index contributed by atoms with van der Waals surface area (Å²) in [5, 5.41) is 3.18. The van der Waals surface area contributed by atoms with Crippen LogP contribution in [0.4, 0.5) is 5.69 Å². The number of amides is 1. The fourth-order valence-electron chi connectivity index (χ4n) is 1.82. The summed E-state index contributed by atoms with van der Waals surface area (Å²) in [6.45, 7) is 0.756. The summed E-state index contributed by atoms with van der Waals surface area (Å²) >= 11 is 1.66. The second-order valence-corrected chi connectivity index (χ2v) is 5.23. The molecule has 0 bridgehead atoms. The molecule has 1 N–H and O–H groups in total. The molecule has 0 unspecified atom stereocenters. The van der Waals surface area contributed by atoms with Crippen LogP contribution in [0, 0.1) is 0 Å². The molecular formula is C15H18N2O2S. The van der Waals surface area contributed by atoms with E-state index in [1.165, 1.54) is 0 Å². The van der Waals surface area contributed by atoms with Gasteiger partial charge in [0, 0.05) is 17.6 Å². The number of furan rings is 1. The summed E-state index contributed by atoms with van der Waals surface area (Å²) in [7, 11) is 1.77. The van der Waals surface area contributed by atoms with E-state index in [1.54, 1.807) is 30.0 Å². The molecule has 1 aromatic carbocycles. The zero-order valence-corrected chi connectivity index (χ0v) is 12.4. The smallest absolute Gasteiger partial charge is 0.242 e. The van der Waals surface area contributed by atoms with Gasteiger partial charge in [0.25, 0.3) is 0 Å². The Kier molecular flexibility index (Phi) is 5.12. The van der Waals surface area contributed by atoms with E-state index in [2.05, 4.69) is 5.32 Å². The van der Waals surface area contributed by atoms with Crippen molar-refractivity contribution in [2.45, 2.75) is 11.4 Å². The minimum absolute atomic E-state index is 0.0253. The van der Waals surface area contributed by atoms with E-state index in [-0.39, 0.29) is 12.5 Å². The monoisotopic (exact) mass is 290 g/mol. The maximum atomic E-state index is 12.1. The van der Waals surface area contributed by atoms with Gasteiger partial charge in [-0.1, -0.05) is 12.1 Å². The first-order valence-electron chi connectivity index (χ1n) is 6.34. The Morgan fingerprint density at radius 1 is 1.30 bits per heavy atom. The number of carbonyl (C=O) groups excluding carboxylic acids is 1. The van der Waals surface area contributed by atoms with Crippen LogP contribution in [0.2, 0.25) is 0 Å². The molecule has 0 fully saturated rings. The van der Waals surface area contributed by atoms with Crippen LogP contribution in [0.25, 0.3) is 0 Å². The van der Waals surface area contributed by atoms with Gasteiger partial charge in [0.15, 0.2) is 0 Å². The minimum Gasteiger partial charge on any atom is -0.467 e. The van der Waals surface area contributed by atoms with Gasteiger partial charge in [0.2, 0.25) is 5.91 Å². The van der Waals surface area contributed by atoms with Gasteiger partial charge in [-0.2, -0.15) is 0 Å². The summed E-state index contributed by atoms with van der Waals surface area (Å²) < 4.78 is 5.24. The zero-order chi connectivity index (χ0) is 14.4. The predicted molar refractivity (Wildman–Crippen MR) is 81.9 cm³/mol. The molecule has 0 spiro atoms. The Hall–Kier alpha value is -1.88. The van der Waals surface area contributed by atoms with E-state index >= 15 is 0 Å².